The van der Waals surface area contributed by atoms with Crippen LogP contribution in [0, 0.1) is 6.92 Å². The average Bonchev–Trinajstić information content (AvgIpc) is 2.76. The first-order valence-corrected chi connectivity index (χ1v) is 5.79. The molecule has 0 spiro atoms. The molecule has 0 radical (unpaired) electrons. The van der Waals surface area contributed by atoms with E-state index in [0.29, 0.717) is 26.1 Å². The highest BCUT2D eigenvalue weighted by atomic mass is 32.1. The van der Waals surface area contributed by atoms with Gasteiger partial charge in [-0.1, -0.05) is 0 Å². The number of aryl methyl sites for hydroxylation is 1. The summed E-state index contributed by atoms with van der Waals surface area (Å²) in [6.07, 6.45) is 0.944. The van der Waals surface area contributed by atoms with Crippen molar-refractivity contribution in [2.24, 2.45) is 5.73 Å². The zero-order valence-electron chi connectivity index (χ0n) is 8.66. The number of ketones is 1. The summed E-state index contributed by atoms with van der Waals surface area (Å²) < 4.78 is 5.16. The van der Waals surface area contributed by atoms with Crippen LogP contribution in [0.15, 0.2) is 5.38 Å². The van der Waals surface area contributed by atoms with Crippen LogP contribution < -0.4 is 5.73 Å². The number of hydrogen-bond acceptors (Lipinski definition) is 5. The summed E-state index contributed by atoms with van der Waals surface area (Å²) in [5.74, 6) is 0.0327. The summed E-state index contributed by atoms with van der Waals surface area (Å²) in [6, 6.07) is 0. The van der Waals surface area contributed by atoms with Gasteiger partial charge in [-0.25, -0.2) is 4.98 Å². The van der Waals surface area contributed by atoms with Gasteiger partial charge in [-0.2, -0.15) is 0 Å². The minimum Gasteiger partial charge on any atom is -0.379 e. The van der Waals surface area contributed by atoms with Crippen molar-refractivity contribution in [1.29, 1.82) is 0 Å². The predicted molar refractivity (Wildman–Crippen MR) is 57.9 cm³/mol. The Kier molecular flexibility index (Phi) is 2.86. The van der Waals surface area contributed by atoms with Gasteiger partial charge in [0.25, 0.3) is 0 Å². The van der Waals surface area contributed by atoms with Crippen LogP contribution in [0.5, 0.6) is 0 Å². The topological polar surface area (TPSA) is 65.2 Å². The molecule has 0 aromatic carbocycles. The van der Waals surface area contributed by atoms with Crippen LogP contribution in [0.1, 0.15) is 17.1 Å². The van der Waals surface area contributed by atoms with Gasteiger partial charge in [-0.15, -0.1) is 11.3 Å². The van der Waals surface area contributed by atoms with Gasteiger partial charge >= 0.3 is 0 Å². The van der Waals surface area contributed by atoms with E-state index in [1.165, 1.54) is 0 Å². The fourth-order valence-electron chi connectivity index (χ4n) is 1.63. The third-order valence-electron chi connectivity index (χ3n) is 2.62. The van der Waals surface area contributed by atoms with Gasteiger partial charge in [0.1, 0.15) is 5.54 Å². The predicted octanol–water partition coefficient (Wildman–Crippen LogP) is 0.681. The van der Waals surface area contributed by atoms with Crippen LogP contribution in [0.2, 0.25) is 0 Å². The Balaban J connectivity index is 2.03. The molecular formula is C10H14N2O2S. The van der Waals surface area contributed by atoms with Crippen molar-refractivity contribution in [3.05, 3.63) is 16.1 Å². The number of aromatic nitrogens is 1. The molecule has 2 rings (SSSR count). The van der Waals surface area contributed by atoms with E-state index >= 15 is 0 Å². The molecule has 82 valence electrons. The van der Waals surface area contributed by atoms with E-state index in [2.05, 4.69) is 4.98 Å². The molecule has 5 heteroatoms. The molecule has 0 saturated carbocycles. The monoisotopic (exact) mass is 226 g/mol. The lowest BCUT2D eigenvalue weighted by Crippen LogP contribution is -2.49. The van der Waals surface area contributed by atoms with E-state index in [4.69, 9.17) is 10.5 Å². The van der Waals surface area contributed by atoms with Crippen molar-refractivity contribution in [2.75, 3.05) is 13.2 Å². The first-order valence-electron chi connectivity index (χ1n) is 4.91. The number of hydrogen-bond donors (Lipinski definition) is 1. The van der Waals surface area contributed by atoms with E-state index in [0.717, 1.165) is 10.7 Å². The normalized spacial score (nSPS) is 25.7. The minimum atomic E-state index is -0.780. The van der Waals surface area contributed by atoms with Crippen molar-refractivity contribution in [3.63, 3.8) is 0 Å². The molecule has 1 fully saturated rings. The molecule has 1 aliphatic rings. The number of nitrogens with two attached hydrogens (primary N) is 1. The molecule has 4 nitrogen and oxygen atoms in total. The highest BCUT2D eigenvalue weighted by molar-refractivity contribution is 7.09. The summed E-state index contributed by atoms with van der Waals surface area (Å²) in [5, 5.41) is 2.89. The largest absolute Gasteiger partial charge is 0.379 e. The zero-order chi connectivity index (χ0) is 10.9. The van der Waals surface area contributed by atoms with Gasteiger partial charge in [-0.3, -0.25) is 4.79 Å². The van der Waals surface area contributed by atoms with Crippen LogP contribution in [0.3, 0.4) is 0 Å². The Bertz CT molecular complexity index is 369. The SMILES string of the molecule is Cc1nc(CC(=O)C2(N)CCOC2)cs1. The fraction of sp³-hybridized carbons (Fsp3) is 0.600. The molecule has 0 bridgehead atoms. The number of ether oxygens (including phenoxy) is 1. The number of carbonyl (C=O) groups is 1. The smallest absolute Gasteiger partial charge is 0.161 e. The quantitative estimate of drug-likeness (QED) is 0.823. The lowest BCUT2D eigenvalue weighted by atomic mass is 9.92. The minimum absolute atomic E-state index is 0.0327. The Morgan fingerprint density at radius 3 is 3.13 bits per heavy atom. The van der Waals surface area contributed by atoms with Gasteiger partial charge in [0.05, 0.1) is 23.7 Å². The molecule has 1 aromatic rings. The molecule has 1 saturated heterocycles. The maximum atomic E-state index is 11.9. The molecule has 1 aliphatic heterocycles. The molecule has 1 atom stereocenters. The van der Waals surface area contributed by atoms with Gasteiger partial charge in [0.15, 0.2) is 5.78 Å². The lowest BCUT2D eigenvalue weighted by molar-refractivity contribution is -0.123. The van der Waals surface area contributed by atoms with Gasteiger partial charge < -0.3 is 10.5 Å². The van der Waals surface area contributed by atoms with Crippen LogP contribution >= 0.6 is 11.3 Å². The van der Waals surface area contributed by atoms with E-state index in [9.17, 15) is 4.79 Å². The number of carbonyl (C=O) groups excluding carboxylic acids is 1. The average molecular weight is 226 g/mol. The fourth-order valence-corrected chi connectivity index (χ4v) is 2.24. The summed E-state index contributed by atoms with van der Waals surface area (Å²) in [6.45, 7) is 2.85. The first-order chi connectivity index (χ1) is 7.10. The van der Waals surface area contributed by atoms with Crippen LogP contribution in [0.25, 0.3) is 0 Å². The van der Waals surface area contributed by atoms with Crippen molar-refractivity contribution >= 4 is 17.1 Å². The van der Waals surface area contributed by atoms with E-state index in [1.54, 1.807) is 11.3 Å². The Morgan fingerprint density at radius 1 is 1.80 bits per heavy atom. The third kappa shape index (κ3) is 2.25. The lowest BCUT2D eigenvalue weighted by Gasteiger charge is -2.18. The number of Topliss-reactive ketones (excluding diaryl/α,β-unsaturated/α-hetero) is 1. The van der Waals surface area contributed by atoms with Gasteiger partial charge in [-0.05, 0) is 13.3 Å². The third-order valence-corrected chi connectivity index (χ3v) is 3.44. The van der Waals surface area contributed by atoms with Gasteiger partial charge in [0.2, 0.25) is 0 Å². The maximum Gasteiger partial charge on any atom is 0.161 e. The molecule has 2 N–H and O–H groups in total. The number of nitrogens with zero attached hydrogens (tertiary/aromatic N) is 1. The van der Waals surface area contributed by atoms with Crippen molar-refractivity contribution in [1.82, 2.24) is 4.98 Å². The molecular weight excluding hydrogens is 212 g/mol. The van der Waals surface area contributed by atoms with E-state index in [-0.39, 0.29) is 5.78 Å². The highest BCUT2D eigenvalue weighted by Crippen LogP contribution is 2.19. The maximum absolute atomic E-state index is 11.9. The second-order valence-electron chi connectivity index (χ2n) is 3.92. The van der Waals surface area contributed by atoms with Crippen LogP contribution in [0.4, 0.5) is 0 Å². The van der Waals surface area contributed by atoms with Crippen molar-refractivity contribution < 1.29 is 9.53 Å². The molecule has 2 heterocycles. The molecule has 0 amide bonds. The molecule has 1 unspecified atom stereocenters. The molecule has 15 heavy (non-hydrogen) atoms. The standard InChI is InChI=1S/C10H14N2O2S/c1-7-12-8(5-15-7)4-9(13)10(11)2-3-14-6-10/h5H,2-4,6,11H2,1H3. The van der Waals surface area contributed by atoms with E-state index in [1.807, 2.05) is 12.3 Å². The Labute approximate surface area is 92.5 Å². The number of thiazole rings is 1. The second-order valence-corrected chi connectivity index (χ2v) is 4.98. The Morgan fingerprint density at radius 2 is 2.60 bits per heavy atom. The summed E-state index contributed by atoms with van der Waals surface area (Å²) in [4.78, 5) is 16.2. The van der Waals surface area contributed by atoms with Crippen LogP contribution in [-0.2, 0) is 16.0 Å². The van der Waals surface area contributed by atoms with Gasteiger partial charge in [0, 0.05) is 12.0 Å². The first kappa shape index (κ1) is 10.7. The van der Waals surface area contributed by atoms with E-state index < -0.39 is 5.54 Å². The molecule has 0 aliphatic carbocycles. The van der Waals surface area contributed by atoms with Crippen LogP contribution in [-0.4, -0.2) is 29.5 Å². The zero-order valence-corrected chi connectivity index (χ0v) is 9.47. The second kappa shape index (κ2) is 4.00. The summed E-state index contributed by atoms with van der Waals surface area (Å²) in [5.41, 5.74) is 6.00. The van der Waals surface area contributed by atoms with Crippen molar-refractivity contribution in [2.45, 2.75) is 25.3 Å². The highest BCUT2D eigenvalue weighted by Gasteiger charge is 2.37. The molecule has 1 aromatic heterocycles. The number of rotatable bonds is 3. The summed E-state index contributed by atoms with van der Waals surface area (Å²) in [7, 11) is 0. The Hall–Kier alpha value is -0.780. The van der Waals surface area contributed by atoms with Crippen molar-refractivity contribution in [3.8, 4) is 0 Å². The summed E-state index contributed by atoms with van der Waals surface area (Å²) >= 11 is 1.55.